The molecule has 6 nitrogen and oxygen atoms in total. The van der Waals surface area contributed by atoms with E-state index < -0.39 is 22.6 Å². The third-order valence-corrected chi connectivity index (χ3v) is 6.85. The summed E-state index contributed by atoms with van der Waals surface area (Å²) >= 11 is 0. The molecule has 0 atom stereocenters. The van der Waals surface area contributed by atoms with Crippen LogP contribution in [0.5, 0.6) is 0 Å². The fourth-order valence-electron chi connectivity index (χ4n) is 3.02. The van der Waals surface area contributed by atoms with Crippen LogP contribution in [0.25, 0.3) is 0 Å². The standard InChI is InChI=1S/C22H27NO5S/c1-6-23(7-2)29(26,27)18-11-10-17(5)20(13-18)22(25)28-14-21(24)19-12-15(3)8-9-16(19)4/h8-13H,6-7,14H2,1-5H3. The number of rotatable bonds is 8. The van der Waals surface area contributed by atoms with Gasteiger partial charge in [0.25, 0.3) is 0 Å². The highest BCUT2D eigenvalue weighted by Gasteiger charge is 2.24. The van der Waals surface area contributed by atoms with Gasteiger partial charge in [-0.1, -0.05) is 37.6 Å². The highest BCUT2D eigenvalue weighted by Crippen LogP contribution is 2.20. The molecule has 0 N–H and O–H groups in total. The summed E-state index contributed by atoms with van der Waals surface area (Å²) in [6, 6.07) is 9.86. The van der Waals surface area contributed by atoms with Crippen LogP contribution in [0.4, 0.5) is 0 Å². The molecule has 2 aromatic rings. The van der Waals surface area contributed by atoms with E-state index in [1.165, 1.54) is 16.4 Å². The lowest BCUT2D eigenvalue weighted by molar-refractivity contribution is 0.0473. The first-order valence-electron chi connectivity index (χ1n) is 9.50. The Balaban J connectivity index is 2.23. The van der Waals surface area contributed by atoms with Crippen molar-refractivity contribution in [3.63, 3.8) is 0 Å². The molecule has 0 aliphatic heterocycles. The summed E-state index contributed by atoms with van der Waals surface area (Å²) in [7, 11) is -3.70. The van der Waals surface area contributed by atoms with Crippen LogP contribution in [0.1, 0.15) is 51.3 Å². The lowest BCUT2D eigenvalue weighted by atomic mass is 10.0. The lowest BCUT2D eigenvalue weighted by Gasteiger charge is -2.19. The molecule has 0 aromatic heterocycles. The monoisotopic (exact) mass is 417 g/mol. The zero-order valence-corrected chi connectivity index (χ0v) is 18.3. The molecule has 2 rings (SSSR count). The molecule has 0 fully saturated rings. The van der Waals surface area contributed by atoms with E-state index in [1.54, 1.807) is 32.9 Å². The van der Waals surface area contributed by atoms with Gasteiger partial charge in [-0.2, -0.15) is 4.31 Å². The molecule has 2 aromatic carbocycles. The molecule has 29 heavy (non-hydrogen) atoms. The number of hydrogen-bond acceptors (Lipinski definition) is 5. The molecule has 0 aliphatic carbocycles. The Bertz CT molecular complexity index is 1020. The van der Waals surface area contributed by atoms with Crippen LogP contribution < -0.4 is 0 Å². The maximum atomic E-state index is 12.7. The predicted octanol–water partition coefficient (Wildman–Crippen LogP) is 3.68. The minimum Gasteiger partial charge on any atom is -0.454 e. The van der Waals surface area contributed by atoms with Crippen molar-refractivity contribution >= 4 is 21.8 Å². The van der Waals surface area contributed by atoms with E-state index in [-0.39, 0.29) is 16.2 Å². The van der Waals surface area contributed by atoms with E-state index in [9.17, 15) is 18.0 Å². The number of carbonyl (C=O) groups excluding carboxylic acids is 2. The molecule has 0 aliphatic rings. The van der Waals surface area contributed by atoms with Crippen molar-refractivity contribution in [3.8, 4) is 0 Å². The summed E-state index contributed by atoms with van der Waals surface area (Å²) in [5.74, 6) is -1.03. The van der Waals surface area contributed by atoms with Crippen LogP contribution in [0.15, 0.2) is 41.3 Å². The Morgan fingerprint density at radius 1 is 0.897 bits per heavy atom. The summed E-state index contributed by atoms with van der Waals surface area (Å²) in [6.45, 7) is 9.15. The Kier molecular flexibility index (Phi) is 7.32. The van der Waals surface area contributed by atoms with Gasteiger partial charge < -0.3 is 4.74 Å². The first kappa shape index (κ1) is 22.8. The number of sulfonamides is 1. The van der Waals surface area contributed by atoms with Crippen molar-refractivity contribution in [1.82, 2.24) is 4.31 Å². The van der Waals surface area contributed by atoms with Gasteiger partial charge in [-0.25, -0.2) is 13.2 Å². The highest BCUT2D eigenvalue weighted by atomic mass is 32.2. The van der Waals surface area contributed by atoms with Crippen LogP contribution in [0, 0.1) is 20.8 Å². The summed E-state index contributed by atoms with van der Waals surface area (Å²) in [5, 5.41) is 0. The highest BCUT2D eigenvalue weighted by molar-refractivity contribution is 7.89. The predicted molar refractivity (Wildman–Crippen MR) is 112 cm³/mol. The average molecular weight is 418 g/mol. The summed E-state index contributed by atoms with van der Waals surface area (Å²) in [5.41, 5.74) is 2.96. The van der Waals surface area contributed by atoms with E-state index in [4.69, 9.17) is 4.74 Å². The molecule has 0 bridgehead atoms. The van der Waals surface area contributed by atoms with Gasteiger partial charge in [0.15, 0.2) is 6.61 Å². The van der Waals surface area contributed by atoms with Gasteiger partial charge in [-0.05, 0) is 50.1 Å². The van der Waals surface area contributed by atoms with Crippen molar-refractivity contribution in [2.75, 3.05) is 19.7 Å². The maximum Gasteiger partial charge on any atom is 0.338 e. The molecule has 0 saturated carbocycles. The molecule has 7 heteroatoms. The number of hydrogen-bond donors (Lipinski definition) is 0. The van der Waals surface area contributed by atoms with E-state index in [1.807, 2.05) is 26.0 Å². The fourth-order valence-corrected chi connectivity index (χ4v) is 4.50. The minimum absolute atomic E-state index is 0.0274. The number of aryl methyl sites for hydroxylation is 3. The van der Waals surface area contributed by atoms with Crippen LogP contribution in [0.3, 0.4) is 0 Å². The Morgan fingerprint density at radius 2 is 1.48 bits per heavy atom. The fraction of sp³-hybridized carbons (Fsp3) is 0.364. The summed E-state index contributed by atoms with van der Waals surface area (Å²) < 4.78 is 32.0. The van der Waals surface area contributed by atoms with Crippen molar-refractivity contribution < 1.29 is 22.7 Å². The SMILES string of the molecule is CCN(CC)S(=O)(=O)c1ccc(C)c(C(=O)OCC(=O)c2cc(C)ccc2C)c1. The maximum absolute atomic E-state index is 12.7. The Hall–Kier alpha value is -2.51. The number of Topliss-reactive ketones (excluding diaryl/α,β-unsaturated/α-hetero) is 1. The number of carbonyl (C=O) groups is 2. The normalized spacial score (nSPS) is 11.5. The second-order valence-electron chi connectivity index (χ2n) is 6.88. The van der Waals surface area contributed by atoms with Gasteiger partial charge in [0, 0.05) is 18.7 Å². The first-order valence-corrected chi connectivity index (χ1v) is 10.9. The number of esters is 1. The summed E-state index contributed by atoms with van der Waals surface area (Å²) in [4.78, 5) is 25.0. The molecule has 0 unspecified atom stereocenters. The van der Waals surface area contributed by atoms with Crippen molar-refractivity contribution in [2.24, 2.45) is 0 Å². The van der Waals surface area contributed by atoms with Crippen molar-refractivity contribution in [2.45, 2.75) is 39.5 Å². The molecule has 0 saturated heterocycles. The number of ketones is 1. The third-order valence-electron chi connectivity index (χ3n) is 4.80. The lowest BCUT2D eigenvalue weighted by Crippen LogP contribution is -2.30. The smallest absolute Gasteiger partial charge is 0.338 e. The molecule has 0 heterocycles. The summed E-state index contributed by atoms with van der Waals surface area (Å²) in [6.07, 6.45) is 0. The topological polar surface area (TPSA) is 80.8 Å². The number of nitrogens with zero attached hydrogens (tertiary/aromatic N) is 1. The van der Waals surface area contributed by atoms with Crippen LogP contribution in [-0.2, 0) is 14.8 Å². The minimum atomic E-state index is -3.70. The van der Waals surface area contributed by atoms with E-state index in [0.717, 1.165) is 11.1 Å². The van der Waals surface area contributed by atoms with Crippen LogP contribution in [0.2, 0.25) is 0 Å². The quantitative estimate of drug-likeness (QED) is 0.483. The largest absolute Gasteiger partial charge is 0.454 e. The Morgan fingerprint density at radius 3 is 2.10 bits per heavy atom. The van der Waals surface area contributed by atoms with E-state index in [0.29, 0.717) is 24.2 Å². The number of benzene rings is 2. The molecule has 0 radical (unpaired) electrons. The Labute approximate surface area is 172 Å². The van der Waals surface area contributed by atoms with E-state index >= 15 is 0 Å². The van der Waals surface area contributed by atoms with Gasteiger partial charge in [0.1, 0.15) is 0 Å². The van der Waals surface area contributed by atoms with E-state index in [2.05, 4.69) is 0 Å². The van der Waals surface area contributed by atoms with Gasteiger partial charge in [0.2, 0.25) is 15.8 Å². The zero-order valence-electron chi connectivity index (χ0n) is 17.5. The second-order valence-corrected chi connectivity index (χ2v) is 8.82. The first-order chi connectivity index (χ1) is 13.6. The average Bonchev–Trinajstić information content (AvgIpc) is 2.68. The number of ether oxygens (including phenoxy) is 1. The molecular formula is C22H27NO5S. The molecule has 0 amide bonds. The van der Waals surface area contributed by atoms with Gasteiger partial charge in [-0.15, -0.1) is 0 Å². The molecule has 156 valence electrons. The van der Waals surface area contributed by atoms with Gasteiger partial charge in [0.05, 0.1) is 10.5 Å². The third kappa shape index (κ3) is 5.10. The van der Waals surface area contributed by atoms with Gasteiger partial charge in [-0.3, -0.25) is 4.79 Å². The van der Waals surface area contributed by atoms with Crippen molar-refractivity contribution in [3.05, 3.63) is 64.2 Å². The second kappa shape index (κ2) is 9.33. The van der Waals surface area contributed by atoms with Gasteiger partial charge >= 0.3 is 5.97 Å². The van der Waals surface area contributed by atoms with Crippen LogP contribution in [-0.4, -0.2) is 44.2 Å². The zero-order chi connectivity index (χ0) is 21.8. The van der Waals surface area contributed by atoms with Crippen LogP contribution >= 0.6 is 0 Å². The van der Waals surface area contributed by atoms with Crippen molar-refractivity contribution in [1.29, 1.82) is 0 Å². The molecular weight excluding hydrogens is 390 g/mol. The molecule has 0 spiro atoms.